The number of phenols is 1. The van der Waals surface area contributed by atoms with E-state index in [0.29, 0.717) is 0 Å². The van der Waals surface area contributed by atoms with Crippen LogP contribution in [0.2, 0.25) is 0 Å². The summed E-state index contributed by atoms with van der Waals surface area (Å²) < 4.78 is 0. The Labute approximate surface area is 127 Å². The lowest BCUT2D eigenvalue weighted by Crippen LogP contribution is -2.13. The van der Waals surface area contributed by atoms with Gasteiger partial charge in [0.05, 0.1) is 17.4 Å². The van der Waals surface area contributed by atoms with Gasteiger partial charge in [0.15, 0.2) is 0 Å². The number of amides is 1. The smallest absolute Gasteiger partial charge is 0.227 e. The Morgan fingerprint density at radius 3 is 2.86 bits per heavy atom. The Bertz CT molecular complexity index is 865. The van der Waals surface area contributed by atoms with Gasteiger partial charge in [-0.3, -0.25) is 9.89 Å². The Hall–Kier alpha value is -2.82. The lowest BCUT2D eigenvalue weighted by Gasteiger charge is -2.09. The summed E-state index contributed by atoms with van der Waals surface area (Å²) in [6.07, 6.45) is 3.64. The topological polar surface area (TPSA) is 78.0 Å². The van der Waals surface area contributed by atoms with Gasteiger partial charge >= 0.3 is 0 Å². The molecule has 0 bridgehead atoms. The van der Waals surface area contributed by atoms with Crippen LogP contribution in [0.3, 0.4) is 0 Å². The summed E-state index contributed by atoms with van der Waals surface area (Å²) in [6, 6.07) is 10.9. The second kappa shape index (κ2) is 4.87. The number of aromatic hydroxyl groups is 1. The second-order valence-electron chi connectivity index (χ2n) is 5.67. The molecule has 5 heteroatoms. The van der Waals surface area contributed by atoms with Crippen LogP contribution in [0.4, 0.5) is 5.69 Å². The van der Waals surface area contributed by atoms with E-state index in [2.05, 4.69) is 15.5 Å². The molecule has 1 amide bonds. The van der Waals surface area contributed by atoms with Crippen molar-refractivity contribution in [2.24, 2.45) is 5.92 Å². The van der Waals surface area contributed by atoms with Crippen molar-refractivity contribution in [3.05, 3.63) is 42.6 Å². The first-order valence-electron chi connectivity index (χ1n) is 7.28. The predicted octanol–water partition coefficient (Wildman–Crippen LogP) is 3.28. The molecule has 3 aromatic rings. The number of carbonyl (C=O) groups excluding carboxylic acids is 1. The molecule has 2 aromatic carbocycles. The minimum atomic E-state index is 0.0653. The second-order valence-corrected chi connectivity index (χ2v) is 5.67. The zero-order valence-corrected chi connectivity index (χ0v) is 11.8. The summed E-state index contributed by atoms with van der Waals surface area (Å²) >= 11 is 0. The van der Waals surface area contributed by atoms with Crippen LogP contribution >= 0.6 is 0 Å². The predicted molar refractivity (Wildman–Crippen MR) is 84.5 cm³/mol. The zero-order valence-electron chi connectivity index (χ0n) is 11.8. The van der Waals surface area contributed by atoms with Crippen molar-refractivity contribution in [3.8, 4) is 16.9 Å². The van der Waals surface area contributed by atoms with Gasteiger partial charge in [0.2, 0.25) is 5.91 Å². The molecule has 5 nitrogen and oxygen atoms in total. The third-order valence-corrected chi connectivity index (χ3v) is 3.94. The molecule has 1 fully saturated rings. The van der Waals surface area contributed by atoms with Gasteiger partial charge < -0.3 is 10.4 Å². The van der Waals surface area contributed by atoms with Crippen molar-refractivity contribution < 1.29 is 9.90 Å². The van der Waals surface area contributed by atoms with Crippen molar-refractivity contribution in [1.29, 1.82) is 0 Å². The first-order chi connectivity index (χ1) is 10.7. The van der Waals surface area contributed by atoms with Crippen LogP contribution in [0.1, 0.15) is 12.8 Å². The van der Waals surface area contributed by atoms with Gasteiger partial charge in [-0.15, -0.1) is 0 Å². The van der Waals surface area contributed by atoms with E-state index in [1.807, 2.05) is 18.2 Å². The highest BCUT2D eigenvalue weighted by Crippen LogP contribution is 2.34. The summed E-state index contributed by atoms with van der Waals surface area (Å²) in [6.45, 7) is 0. The third kappa shape index (κ3) is 2.30. The van der Waals surface area contributed by atoms with Crippen molar-refractivity contribution in [3.63, 3.8) is 0 Å². The molecule has 1 aliphatic rings. The fraction of sp³-hybridized carbons (Fsp3) is 0.176. The van der Waals surface area contributed by atoms with E-state index in [1.165, 1.54) is 0 Å². The fourth-order valence-electron chi connectivity index (χ4n) is 2.59. The quantitative estimate of drug-likeness (QED) is 0.693. The van der Waals surface area contributed by atoms with Gasteiger partial charge in [0.25, 0.3) is 0 Å². The van der Waals surface area contributed by atoms with Crippen LogP contribution in [0.25, 0.3) is 22.0 Å². The maximum absolute atomic E-state index is 12.1. The Kier molecular flexibility index (Phi) is 2.85. The lowest BCUT2D eigenvalue weighted by molar-refractivity contribution is -0.117. The Balaban J connectivity index is 1.80. The van der Waals surface area contributed by atoms with E-state index in [0.717, 1.165) is 40.6 Å². The first kappa shape index (κ1) is 12.9. The summed E-state index contributed by atoms with van der Waals surface area (Å²) in [7, 11) is 0. The third-order valence-electron chi connectivity index (χ3n) is 3.94. The normalized spacial score (nSPS) is 14.2. The highest BCUT2D eigenvalue weighted by molar-refractivity contribution is 6.04. The molecule has 1 heterocycles. The number of nitrogens with one attached hydrogen (secondary N) is 2. The van der Waals surface area contributed by atoms with E-state index < -0.39 is 0 Å². The van der Waals surface area contributed by atoms with E-state index in [4.69, 9.17) is 0 Å². The zero-order chi connectivity index (χ0) is 15.1. The van der Waals surface area contributed by atoms with E-state index in [1.54, 1.807) is 24.4 Å². The minimum absolute atomic E-state index is 0.0653. The molecule has 0 saturated heterocycles. The van der Waals surface area contributed by atoms with Gasteiger partial charge in [-0.1, -0.05) is 12.1 Å². The summed E-state index contributed by atoms with van der Waals surface area (Å²) in [5.41, 5.74) is 3.41. The number of hydrogen-bond donors (Lipinski definition) is 3. The molecular weight excluding hydrogens is 278 g/mol. The number of anilines is 1. The molecule has 3 N–H and O–H groups in total. The molecule has 0 unspecified atom stereocenters. The van der Waals surface area contributed by atoms with Crippen LogP contribution in [-0.2, 0) is 4.79 Å². The standard InChI is InChI=1S/C17H15N3O2/c21-13-3-1-2-11(6-13)12-7-15(19-17(22)10-4-5-10)14-9-18-20-16(14)8-12/h1-3,6-10,21H,4-5H2,(H,18,20)(H,19,22). The molecule has 4 rings (SSSR count). The summed E-state index contributed by atoms with van der Waals surface area (Å²) in [4.78, 5) is 12.1. The van der Waals surface area contributed by atoms with Gasteiger partial charge in [-0.25, -0.2) is 0 Å². The summed E-state index contributed by atoms with van der Waals surface area (Å²) in [5, 5.41) is 20.5. The van der Waals surface area contributed by atoms with Crippen LogP contribution in [0, 0.1) is 5.92 Å². The number of aromatic amines is 1. The summed E-state index contributed by atoms with van der Waals surface area (Å²) in [5.74, 6) is 0.424. The van der Waals surface area contributed by atoms with E-state index in [-0.39, 0.29) is 17.6 Å². The molecular formula is C17H15N3O2. The molecule has 22 heavy (non-hydrogen) atoms. The number of benzene rings is 2. The largest absolute Gasteiger partial charge is 0.508 e. The van der Waals surface area contributed by atoms with Gasteiger partial charge in [-0.05, 0) is 48.2 Å². The Morgan fingerprint density at radius 1 is 1.23 bits per heavy atom. The number of rotatable bonds is 3. The maximum atomic E-state index is 12.1. The lowest BCUT2D eigenvalue weighted by atomic mass is 10.0. The molecule has 0 spiro atoms. The van der Waals surface area contributed by atoms with Gasteiger partial charge in [0, 0.05) is 11.3 Å². The molecule has 0 aliphatic heterocycles. The van der Waals surface area contributed by atoms with Crippen LogP contribution in [0.15, 0.2) is 42.6 Å². The number of H-pyrrole nitrogens is 1. The van der Waals surface area contributed by atoms with Crippen LogP contribution < -0.4 is 5.32 Å². The maximum Gasteiger partial charge on any atom is 0.227 e. The fourth-order valence-corrected chi connectivity index (χ4v) is 2.59. The van der Waals surface area contributed by atoms with Crippen molar-refractivity contribution in [2.45, 2.75) is 12.8 Å². The number of carbonyl (C=O) groups is 1. The van der Waals surface area contributed by atoms with Gasteiger partial charge in [0.1, 0.15) is 5.75 Å². The molecule has 1 aromatic heterocycles. The van der Waals surface area contributed by atoms with Crippen molar-refractivity contribution >= 4 is 22.5 Å². The van der Waals surface area contributed by atoms with Crippen LogP contribution in [0.5, 0.6) is 5.75 Å². The molecule has 110 valence electrons. The molecule has 0 radical (unpaired) electrons. The average Bonchev–Trinajstić information content (AvgIpc) is 3.25. The molecule has 1 aliphatic carbocycles. The number of hydrogen-bond acceptors (Lipinski definition) is 3. The number of nitrogens with zero attached hydrogens (tertiary/aromatic N) is 1. The van der Waals surface area contributed by atoms with Crippen molar-refractivity contribution in [2.75, 3.05) is 5.32 Å². The minimum Gasteiger partial charge on any atom is -0.508 e. The number of phenolic OH excluding ortho intramolecular Hbond substituents is 1. The van der Waals surface area contributed by atoms with Crippen LogP contribution in [-0.4, -0.2) is 21.2 Å². The molecule has 1 saturated carbocycles. The highest BCUT2D eigenvalue weighted by Gasteiger charge is 2.30. The van der Waals surface area contributed by atoms with Crippen molar-refractivity contribution in [1.82, 2.24) is 10.2 Å². The highest BCUT2D eigenvalue weighted by atomic mass is 16.3. The number of aromatic nitrogens is 2. The van der Waals surface area contributed by atoms with Gasteiger partial charge in [-0.2, -0.15) is 5.10 Å². The Morgan fingerprint density at radius 2 is 2.09 bits per heavy atom. The first-order valence-corrected chi connectivity index (χ1v) is 7.28. The molecule has 0 atom stereocenters. The number of fused-ring (bicyclic) bond motifs is 1. The monoisotopic (exact) mass is 293 g/mol. The SMILES string of the molecule is O=C(Nc1cc(-c2cccc(O)c2)cc2[nH]ncc12)C1CC1. The van der Waals surface area contributed by atoms with E-state index in [9.17, 15) is 9.90 Å². The van der Waals surface area contributed by atoms with E-state index >= 15 is 0 Å². The average molecular weight is 293 g/mol.